The zero-order chi connectivity index (χ0) is 25.1. The SMILES string of the molecule is O=[N+]([O-])C(c1nnn(COCn2nnc(C([N+](=O)[O-])([N+](=O)[O-])[N+](=O)[O-])n2)n1)([N+](=O)[O-])[N+](=O)[O-]. The van der Waals surface area contributed by atoms with E-state index in [1.54, 1.807) is 0 Å². The summed E-state index contributed by atoms with van der Waals surface area (Å²) < 4.78 is 4.80. The maximum absolute atomic E-state index is 10.9. The molecule has 0 aliphatic heterocycles. The summed E-state index contributed by atoms with van der Waals surface area (Å²) in [6, 6.07) is 0. The normalized spacial score (nSPS) is 11.6. The lowest BCUT2D eigenvalue weighted by molar-refractivity contribution is -0.987. The first kappa shape index (κ1) is 23.8. The highest BCUT2D eigenvalue weighted by molar-refractivity contribution is 4.84. The van der Waals surface area contributed by atoms with Crippen molar-refractivity contribution in [2.45, 2.75) is 25.0 Å². The minimum atomic E-state index is -4.17. The minimum Gasteiger partial charge on any atom is -0.333 e. The average Bonchev–Trinajstić information content (AvgIpc) is 3.31. The molecule has 0 aliphatic carbocycles. The maximum atomic E-state index is 10.9. The summed E-state index contributed by atoms with van der Waals surface area (Å²) in [6.07, 6.45) is 0. The Morgan fingerprint density at radius 1 is 0.606 bits per heavy atom. The number of ether oxygens (including phenoxy) is 1. The van der Waals surface area contributed by atoms with Crippen LogP contribution in [0.5, 0.6) is 0 Å². The molecule has 2 heterocycles. The molecule has 0 N–H and O–H groups in total. The van der Waals surface area contributed by atoms with Crippen LogP contribution in [0.3, 0.4) is 0 Å². The number of hydrogen-bond acceptors (Lipinski definition) is 19. The molecule has 27 nitrogen and oxygen atoms in total. The molecule has 0 aliphatic rings. The summed E-state index contributed by atoms with van der Waals surface area (Å²) in [5.41, 5.74) is 0. The second-order valence-corrected chi connectivity index (χ2v) is 5.25. The van der Waals surface area contributed by atoms with E-state index in [1.165, 1.54) is 0 Å². The average molecular weight is 480 g/mol. The zero-order valence-corrected chi connectivity index (χ0v) is 15.0. The first-order valence-electron chi connectivity index (χ1n) is 7.34. The molecule has 0 fully saturated rings. The van der Waals surface area contributed by atoms with Crippen LogP contribution in [0.4, 0.5) is 0 Å². The van der Waals surface area contributed by atoms with Crippen molar-refractivity contribution in [3.05, 3.63) is 72.3 Å². The highest BCUT2D eigenvalue weighted by Gasteiger charge is 2.78. The molecule has 0 bridgehead atoms. The molecule has 2 rings (SSSR count). The Bertz CT molecular complexity index is 990. The molecule has 0 unspecified atom stereocenters. The van der Waals surface area contributed by atoms with Crippen molar-refractivity contribution < 1.29 is 34.3 Å². The Kier molecular flexibility index (Phi) is 6.00. The topological polar surface area (TPSA) is 355 Å². The van der Waals surface area contributed by atoms with Crippen LogP contribution >= 0.6 is 0 Å². The van der Waals surface area contributed by atoms with E-state index in [1.807, 2.05) is 0 Å². The standard InChI is InChI=1S/C6H4N14O13/c21-15(22)5(16(23)24,17(25)26)3-7-11-13(9-3)1-33-2-14-10-4(8-12-14)6(18(27)28,19(29)30)20(31)32/h1-2H2. The number of rotatable bonds is 12. The van der Waals surface area contributed by atoms with Crippen LogP contribution in [0, 0.1) is 60.7 Å². The Morgan fingerprint density at radius 3 is 1.12 bits per heavy atom. The number of aromatic nitrogens is 8. The van der Waals surface area contributed by atoms with Crippen molar-refractivity contribution in [3.8, 4) is 0 Å². The van der Waals surface area contributed by atoms with Gasteiger partial charge in [0.1, 0.15) is 0 Å². The lowest BCUT2D eigenvalue weighted by Gasteiger charge is -2.04. The lowest BCUT2D eigenvalue weighted by atomic mass is 10.3. The van der Waals surface area contributed by atoms with Gasteiger partial charge >= 0.3 is 23.2 Å². The van der Waals surface area contributed by atoms with Crippen LogP contribution in [-0.2, 0) is 29.8 Å². The summed E-state index contributed by atoms with van der Waals surface area (Å²) in [7, 11) is 0. The van der Waals surface area contributed by atoms with Gasteiger partial charge in [0.05, 0.1) is 0 Å². The largest absolute Gasteiger partial charge is 0.766 e. The fourth-order valence-corrected chi connectivity index (χ4v) is 1.96. The predicted molar refractivity (Wildman–Crippen MR) is 82.0 cm³/mol. The highest BCUT2D eigenvalue weighted by atomic mass is 16.7. The molecule has 0 atom stereocenters. The lowest BCUT2D eigenvalue weighted by Crippen LogP contribution is -2.51. The monoisotopic (exact) mass is 480 g/mol. The van der Waals surface area contributed by atoms with E-state index >= 15 is 0 Å². The Hall–Kier alpha value is -5.50. The Labute approximate surface area is 173 Å². The van der Waals surface area contributed by atoms with Gasteiger partial charge in [-0.25, -0.2) is 0 Å². The molecule has 33 heavy (non-hydrogen) atoms. The first-order valence-corrected chi connectivity index (χ1v) is 7.34. The third kappa shape index (κ3) is 3.60. The molecule has 0 radical (unpaired) electrons. The molecule has 0 amide bonds. The van der Waals surface area contributed by atoms with Gasteiger partial charge in [0.2, 0.25) is 0 Å². The molecule has 0 saturated carbocycles. The van der Waals surface area contributed by atoms with Crippen molar-refractivity contribution >= 4 is 0 Å². The molecule has 0 saturated heterocycles. The molecule has 2 aromatic rings. The van der Waals surface area contributed by atoms with Gasteiger partial charge in [-0.15, -0.1) is 19.8 Å². The van der Waals surface area contributed by atoms with Crippen LogP contribution in [0.1, 0.15) is 11.6 Å². The number of nitrogens with zero attached hydrogens (tertiary/aromatic N) is 14. The van der Waals surface area contributed by atoms with E-state index < -0.39 is 66.2 Å². The summed E-state index contributed by atoms with van der Waals surface area (Å²) in [5.74, 6) is -11.4. The molecule has 0 aromatic carbocycles. The quantitative estimate of drug-likeness (QED) is 0.159. The third-order valence-corrected chi connectivity index (χ3v) is 3.45. The van der Waals surface area contributed by atoms with E-state index in [9.17, 15) is 60.7 Å². The smallest absolute Gasteiger partial charge is 0.333 e. The van der Waals surface area contributed by atoms with Gasteiger partial charge in [-0.2, -0.15) is 0 Å². The Morgan fingerprint density at radius 2 is 0.879 bits per heavy atom. The summed E-state index contributed by atoms with van der Waals surface area (Å²) in [5, 5.41) is 83.8. The van der Waals surface area contributed by atoms with E-state index in [4.69, 9.17) is 4.74 Å². The van der Waals surface area contributed by atoms with E-state index in [-0.39, 0.29) is 9.59 Å². The molecule has 176 valence electrons. The third-order valence-electron chi connectivity index (χ3n) is 3.45. The van der Waals surface area contributed by atoms with Crippen LogP contribution in [0.15, 0.2) is 0 Å². The minimum absolute atomic E-state index is 0.272. The van der Waals surface area contributed by atoms with Crippen LogP contribution in [0.25, 0.3) is 0 Å². The van der Waals surface area contributed by atoms with Gasteiger partial charge in [0, 0.05) is 0 Å². The molecular weight excluding hydrogens is 476 g/mol. The number of tetrazole rings is 2. The van der Waals surface area contributed by atoms with Gasteiger partial charge in [-0.3, -0.25) is 60.7 Å². The van der Waals surface area contributed by atoms with Crippen molar-refractivity contribution in [1.29, 1.82) is 0 Å². The fraction of sp³-hybridized carbons (Fsp3) is 0.667. The molecule has 2 aromatic heterocycles. The van der Waals surface area contributed by atoms with Crippen molar-refractivity contribution in [3.63, 3.8) is 0 Å². The second-order valence-electron chi connectivity index (χ2n) is 5.25. The number of hydrogen-bond donors (Lipinski definition) is 0. The first-order chi connectivity index (χ1) is 15.3. The number of nitro groups is 6. The van der Waals surface area contributed by atoms with Crippen molar-refractivity contribution in [2.24, 2.45) is 0 Å². The van der Waals surface area contributed by atoms with Crippen molar-refractivity contribution in [1.82, 2.24) is 40.4 Å². The predicted octanol–water partition coefficient (Wildman–Crippen LogP) is -3.83. The van der Waals surface area contributed by atoms with Gasteiger partial charge in [-0.1, -0.05) is 10.2 Å². The van der Waals surface area contributed by atoms with Crippen molar-refractivity contribution in [2.75, 3.05) is 0 Å². The van der Waals surface area contributed by atoms with Gasteiger partial charge < -0.3 is 4.74 Å². The van der Waals surface area contributed by atoms with Gasteiger partial charge in [0.25, 0.3) is 0 Å². The van der Waals surface area contributed by atoms with Gasteiger partial charge in [0.15, 0.2) is 43.0 Å². The molecule has 0 spiro atoms. The van der Waals surface area contributed by atoms with E-state index in [0.717, 1.165) is 0 Å². The van der Waals surface area contributed by atoms with E-state index in [2.05, 4.69) is 30.8 Å². The Balaban J connectivity index is 2.19. The zero-order valence-electron chi connectivity index (χ0n) is 15.0. The van der Waals surface area contributed by atoms with E-state index in [0.29, 0.717) is 0 Å². The summed E-state index contributed by atoms with van der Waals surface area (Å²) in [4.78, 5) is 55.0. The van der Waals surface area contributed by atoms with Crippen LogP contribution < -0.4 is 0 Å². The van der Waals surface area contributed by atoms with Crippen LogP contribution in [0.2, 0.25) is 0 Å². The highest BCUT2D eigenvalue weighted by Crippen LogP contribution is 2.23. The maximum Gasteiger partial charge on any atom is 0.766 e. The van der Waals surface area contributed by atoms with Crippen LogP contribution in [-0.4, -0.2) is 70.0 Å². The van der Waals surface area contributed by atoms with Gasteiger partial charge in [-0.05, 0) is 10.4 Å². The fourth-order valence-electron chi connectivity index (χ4n) is 1.96. The summed E-state index contributed by atoms with van der Waals surface area (Å²) >= 11 is 0. The summed E-state index contributed by atoms with van der Waals surface area (Å²) in [6.45, 7) is -1.78. The molecular formula is C6H4N14O13. The second kappa shape index (κ2) is 8.32. The molecule has 27 heteroatoms.